The Bertz CT molecular complexity index is 1120. The molecule has 6 nitrogen and oxygen atoms in total. The Morgan fingerprint density at radius 3 is 2.62 bits per heavy atom. The normalized spacial score (nSPS) is 22.2. The maximum absolute atomic E-state index is 13.1. The molecule has 2 heterocycles. The standard InChI is InChI=1S/C24H25N5OS2/c25-14-17-20(15-8-3-1-4-9-15)21-18(12-7-13-19(21)30)29(22(17)26)23-27-28-24(32-23)31-16-10-5-2-6-11-16/h1,3-4,8-9,16,20H,2,5-7,10-13,26H2. The summed E-state index contributed by atoms with van der Waals surface area (Å²) in [5.41, 5.74) is 9.49. The van der Waals surface area contributed by atoms with Gasteiger partial charge >= 0.3 is 0 Å². The van der Waals surface area contributed by atoms with Crippen LogP contribution in [0.1, 0.15) is 62.8 Å². The molecule has 5 rings (SSSR count). The van der Waals surface area contributed by atoms with Gasteiger partial charge in [-0.2, -0.15) is 5.26 Å². The van der Waals surface area contributed by atoms with Crippen molar-refractivity contribution in [3.05, 3.63) is 58.6 Å². The average molecular weight is 464 g/mol. The molecule has 1 saturated carbocycles. The van der Waals surface area contributed by atoms with Crippen LogP contribution in [0.2, 0.25) is 0 Å². The number of allylic oxidation sites excluding steroid dienone is 3. The summed E-state index contributed by atoms with van der Waals surface area (Å²) in [6.45, 7) is 0. The fraction of sp³-hybridized carbons (Fsp3) is 0.417. The van der Waals surface area contributed by atoms with Crippen molar-refractivity contribution in [1.29, 1.82) is 5.26 Å². The third-order valence-corrected chi connectivity index (χ3v) is 8.78. The van der Waals surface area contributed by atoms with Gasteiger partial charge in [-0.3, -0.25) is 9.69 Å². The molecule has 0 amide bonds. The number of thioether (sulfide) groups is 1. The van der Waals surface area contributed by atoms with Gasteiger partial charge < -0.3 is 5.73 Å². The Kier molecular flexibility index (Phi) is 6.03. The van der Waals surface area contributed by atoms with E-state index in [1.54, 1.807) is 11.8 Å². The van der Waals surface area contributed by atoms with Gasteiger partial charge in [0.05, 0.1) is 17.6 Å². The van der Waals surface area contributed by atoms with E-state index in [0.29, 0.717) is 33.8 Å². The molecule has 32 heavy (non-hydrogen) atoms. The zero-order chi connectivity index (χ0) is 22.1. The van der Waals surface area contributed by atoms with Gasteiger partial charge in [0.15, 0.2) is 10.1 Å². The lowest BCUT2D eigenvalue weighted by atomic mass is 9.76. The van der Waals surface area contributed by atoms with E-state index in [4.69, 9.17) is 5.73 Å². The highest BCUT2D eigenvalue weighted by atomic mass is 32.2. The fourth-order valence-corrected chi connectivity index (χ4v) is 7.34. The van der Waals surface area contributed by atoms with Crippen molar-refractivity contribution in [2.45, 2.75) is 66.9 Å². The first-order valence-corrected chi connectivity index (χ1v) is 12.9. The van der Waals surface area contributed by atoms with Crippen LogP contribution in [-0.2, 0) is 4.79 Å². The molecular weight excluding hydrogens is 438 g/mol. The van der Waals surface area contributed by atoms with Gasteiger partial charge in [0.25, 0.3) is 0 Å². The zero-order valence-electron chi connectivity index (χ0n) is 17.8. The highest BCUT2D eigenvalue weighted by Gasteiger charge is 2.41. The molecule has 0 spiro atoms. The van der Waals surface area contributed by atoms with Crippen molar-refractivity contribution in [3.8, 4) is 6.07 Å². The molecule has 8 heteroatoms. The lowest BCUT2D eigenvalue weighted by Crippen LogP contribution is -2.38. The average Bonchev–Trinajstić information content (AvgIpc) is 3.27. The summed E-state index contributed by atoms with van der Waals surface area (Å²) in [5.74, 6) is 0.0242. The first-order chi connectivity index (χ1) is 15.7. The lowest BCUT2D eigenvalue weighted by Gasteiger charge is -2.38. The van der Waals surface area contributed by atoms with Crippen molar-refractivity contribution < 1.29 is 4.79 Å². The topological polar surface area (TPSA) is 95.9 Å². The van der Waals surface area contributed by atoms with Crippen LogP contribution >= 0.6 is 23.1 Å². The van der Waals surface area contributed by atoms with E-state index in [-0.39, 0.29) is 5.78 Å². The van der Waals surface area contributed by atoms with Crippen LogP contribution in [0.3, 0.4) is 0 Å². The summed E-state index contributed by atoms with van der Waals surface area (Å²) in [6.07, 6.45) is 8.29. The second-order valence-electron chi connectivity index (χ2n) is 8.46. The largest absolute Gasteiger partial charge is 0.384 e. The van der Waals surface area contributed by atoms with Crippen LogP contribution in [0, 0.1) is 11.3 Å². The molecule has 2 aliphatic carbocycles. The number of carbonyl (C=O) groups is 1. The van der Waals surface area contributed by atoms with Crippen LogP contribution in [0.25, 0.3) is 0 Å². The summed E-state index contributed by atoms with van der Waals surface area (Å²) in [4.78, 5) is 15.0. The van der Waals surface area contributed by atoms with Crippen molar-refractivity contribution in [1.82, 2.24) is 10.2 Å². The molecule has 2 aromatic rings. The van der Waals surface area contributed by atoms with Crippen LogP contribution in [-0.4, -0.2) is 21.2 Å². The number of Topliss-reactive ketones (excluding diaryl/α,β-unsaturated/α-hetero) is 1. The maximum atomic E-state index is 13.1. The number of ketones is 1. The van der Waals surface area contributed by atoms with Gasteiger partial charge in [-0.05, 0) is 31.2 Å². The summed E-state index contributed by atoms with van der Waals surface area (Å²) in [7, 11) is 0. The SMILES string of the molecule is N#CC1=C(N)N(c2nnc(SC3CCCCC3)s2)C2=C(C(=O)CCC2)C1c1ccccc1. The summed E-state index contributed by atoms with van der Waals surface area (Å²) < 4.78 is 0.924. The van der Waals surface area contributed by atoms with Gasteiger partial charge in [0, 0.05) is 22.9 Å². The number of anilines is 1. The maximum Gasteiger partial charge on any atom is 0.219 e. The Morgan fingerprint density at radius 1 is 1.09 bits per heavy atom. The molecule has 1 aromatic heterocycles. The van der Waals surface area contributed by atoms with E-state index in [2.05, 4.69) is 16.3 Å². The Labute approximate surface area is 196 Å². The predicted octanol–water partition coefficient (Wildman–Crippen LogP) is 5.27. The summed E-state index contributed by atoms with van der Waals surface area (Å²) >= 11 is 3.30. The first-order valence-electron chi connectivity index (χ1n) is 11.2. The number of hydrogen-bond acceptors (Lipinski definition) is 8. The van der Waals surface area contributed by atoms with Crippen molar-refractivity contribution in [2.75, 3.05) is 4.90 Å². The Balaban J connectivity index is 1.56. The van der Waals surface area contributed by atoms with Crippen molar-refractivity contribution >= 4 is 34.0 Å². The highest BCUT2D eigenvalue weighted by molar-refractivity contribution is 8.01. The van der Waals surface area contributed by atoms with Gasteiger partial charge in [-0.25, -0.2) is 0 Å². The van der Waals surface area contributed by atoms with E-state index >= 15 is 0 Å². The van der Waals surface area contributed by atoms with Crippen LogP contribution in [0.4, 0.5) is 5.13 Å². The Hall–Kier alpha value is -2.63. The third-order valence-electron chi connectivity index (χ3n) is 6.45. The molecule has 1 aromatic carbocycles. The van der Waals surface area contributed by atoms with Gasteiger partial charge in [-0.15, -0.1) is 10.2 Å². The van der Waals surface area contributed by atoms with Crippen LogP contribution in [0.5, 0.6) is 0 Å². The number of rotatable bonds is 4. The molecule has 164 valence electrons. The third kappa shape index (κ3) is 3.84. The van der Waals surface area contributed by atoms with Gasteiger partial charge in [0.1, 0.15) is 5.82 Å². The molecule has 1 fully saturated rings. The quantitative estimate of drug-likeness (QED) is 0.660. The Morgan fingerprint density at radius 2 is 1.88 bits per heavy atom. The minimum Gasteiger partial charge on any atom is -0.384 e. The van der Waals surface area contributed by atoms with Gasteiger partial charge in [0.2, 0.25) is 5.13 Å². The number of hydrogen-bond donors (Lipinski definition) is 1. The second-order valence-corrected chi connectivity index (χ2v) is 11.0. The van der Waals surface area contributed by atoms with Crippen LogP contribution in [0.15, 0.2) is 57.3 Å². The minimum atomic E-state index is -0.427. The molecular formula is C24H25N5OS2. The van der Waals surface area contributed by atoms with Gasteiger partial charge in [-0.1, -0.05) is 72.7 Å². The van der Waals surface area contributed by atoms with Crippen LogP contribution < -0.4 is 10.6 Å². The van der Waals surface area contributed by atoms with E-state index in [1.165, 1.54) is 43.4 Å². The van der Waals surface area contributed by atoms with Crippen molar-refractivity contribution in [2.24, 2.45) is 5.73 Å². The molecule has 3 aliphatic rings. The number of benzene rings is 1. The minimum absolute atomic E-state index is 0.0895. The molecule has 2 N–H and O–H groups in total. The van der Waals surface area contributed by atoms with E-state index < -0.39 is 5.92 Å². The molecule has 1 aliphatic heterocycles. The predicted molar refractivity (Wildman–Crippen MR) is 127 cm³/mol. The number of carbonyl (C=O) groups excluding carboxylic acids is 1. The highest BCUT2D eigenvalue weighted by Crippen LogP contribution is 2.47. The molecule has 1 unspecified atom stereocenters. The number of nitriles is 1. The summed E-state index contributed by atoms with van der Waals surface area (Å²) in [5, 5.41) is 20.2. The van der Waals surface area contributed by atoms with E-state index in [0.717, 1.165) is 28.4 Å². The first kappa shape index (κ1) is 21.2. The number of nitrogens with zero attached hydrogens (tertiary/aromatic N) is 4. The second kappa shape index (κ2) is 9.08. The van der Waals surface area contributed by atoms with Crippen molar-refractivity contribution in [3.63, 3.8) is 0 Å². The zero-order valence-corrected chi connectivity index (χ0v) is 19.4. The molecule has 1 atom stereocenters. The molecule has 0 bridgehead atoms. The molecule has 0 saturated heterocycles. The lowest BCUT2D eigenvalue weighted by molar-refractivity contribution is -0.116. The fourth-order valence-electron chi connectivity index (χ4n) is 4.95. The molecule has 0 radical (unpaired) electrons. The number of aromatic nitrogens is 2. The number of nitrogens with two attached hydrogens (primary N) is 1. The van der Waals surface area contributed by atoms with E-state index in [1.807, 2.05) is 35.2 Å². The summed E-state index contributed by atoms with van der Waals surface area (Å²) in [6, 6.07) is 12.0. The smallest absolute Gasteiger partial charge is 0.219 e. The monoisotopic (exact) mass is 463 g/mol. The van der Waals surface area contributed by atoms with E-state index in [9.17, 15) is 10.1 Å².